The predicted octanol–water partition coefficient (Wildman–Crippen LogP) is 2.48. The van der Waals surface area contributed by atoms with E-state index in [4.69, 9.17) is 4.74 Å². The zero-order chi connectivity index (χ0) is 17.2. The van der Waals surface area contributed by atoms with E-state index in [0.29, 0.717) is 24.3 Å². The highest BCUT2D eigenvalue weighted by molar-refractivity contribution is 9.10. The second-order valence-corrected chi connectivity index (χ2v) is 5.87. The van der Waals surface area contributed by atoms with Gasteiger partial charge in [0, 0.05) is 18.7 Å². The molecule has 1 unspecified atom stereocenters. The van der Waals surface area contributed by atoms with Gasteiger partial charge in [-0.05, 0) is 31.5 Å². The van der Waals surface area contributed by atoms with E-state index in [1.165, 1.54) is 0 Å². The minimum atomic E-state index is -0.432. The summed E-state index contributed by atoms with van der Waals surface area (Å²) in [5, 5.41) is 5.36. The lowest BCUT2D eigenvalue weighted by atomic mass is 10.2. The molecule has 2 amide bonds. The smallest absolute Gasteiger partial charge is 0.338 e. The molecule has 0 heterocycles. The van der Waals surface area contributed by atoms with Crippen molar-refractivity contribution in [3.8, 4) is 0 Å². The summed E-state index contributed by atoms with van der Waals surface area (Å²) in [7, 11) is 0. The number of ether oxygens (including phenoxy) is 1. The number of anilines is 1. The fourth-order valence-electron chi connectivity index (χ4n) is 1.76. The number of halogens is 1. The van der Waals surface area contributed by atoms with Crippen molar-refractivity contribution in [2.24, 2.45) is 0 Å². The number of carbonyl (C=O) groups excluding carboxylic acids is 3. The first-order valence-corrected chi connectivity index (χ1v) is 8.38. The van der Waals surface area contributed by atoms with Crippen LogP contribution in [0.5, 0.6) is 0 Å². The quantitative estimate of drug-likeness (QED) is 0.532. The topological polar surface area (TPSA) is 84.5 Å². The van der Waals surface area contributed by atoms with E-state index in [1.807, 2.05) is 6.92 Å². The van der Waals surface area contributed by atoms with Gasteiger partial charge in [0.15, 0.2) is 0 Å². The molecule has 0 bridgehead atoms. The number of benzene rings is 1. The second kappa shape index (κ2) is 9.99. The molecule has 0 fully saturated rings. The third-order valence-electron chi connectivity index (χ3n) is 2.95. The van der Waals surface area contributed by atoms with Crippen molar-refractivity contribution in [1.29, 1.82) is 0 Å². The summed E-state index contributed by atoms with van der Waals surface area (Å²) in [5.41, 5.74) is 0.891. The van der Waals surface area contributed by atoms with E-state index >= 15 is 0 Å². The fourth-order valence-corrected chi connectivity index (χ4v) is 1.92. The van der Waals surface area contributed by atoms with Gasteiger partial charge in [0.1, 0.15) is 0 Å². The highest BCUT2D eigenvalue weighted by Crippen LogP contribution is 2.12. The molecule has 0 saturated carbocycles. The van der Waals surface area contributed by atoms with Gasteiger partial charge >= 0.3 is 5.97 Å². The minimum absolute atomic E-state index is 0.135. The number of esters is 1. The van der Waals surface area contributed by atoms with Crippen LogP contribution in [0.25, 0.3) is 0 Å². The third-order valence-corrected chi connectivity index (χ3v) is 4.01. The molecule has 0 aromatic heterocycles. The molecule has 6 nitrogen and oxygen atoms in total. The van der Waals surface area contributed by atoms with Crippen molar-refractivity contribution in [2.45, 2.75) is 31.5 Å². The third kappa shape index (κ3) is 6.81. The number of alkyl halides is 1. The minimum Gasteiger partial charge on any atom is -0.462 e. The maximum atomic E-state index is 11.8. The lowest BCUT2D eigenvalue weighted by molar-refractivity contribution is -0.120. The lowest BCUT2D eigenvalue weighted by Gasteiger charge is -2.09. The molecule has 0 radical (unpaired) electrons. The summed E-state index contributed by atoms with van der Waals surface area (Å²) < 4.78 is 4.91. The molecule has 0 aliphatic rings. The monoisotopic (exact) mass is 384 g/mol. The number of rotatable bonds is 8. The Hall–Kier alpha value is -1.89. The van der Waals surface area contributed by atoms with E-state index < -0.39 is 5.97 Å². The second-order valence-electron chi connectivity index (χ2n) is 4.77. The Bertz CT molecular complexity index is 563. The first-order valence-electron chi connectivity index (χ1n) is 7.46. The average molecular weight is 385 g/mol. The van der Waals surface area contributed by atoms with Crippen LogP contribution in [0, 0.1) is 0 Å². The molecule has 1 aromatic carbocycles. The molecule has 2 N–H and O–H groups in total. The molecular weight excluding hydrogens is 364 g/mol. The molecule has 23 heavy (non-hydrogen) atoms. The van der Waals surface area contributed by atoms with Crippen LogP contribution in [0.15, 0.2) is 24.3 Å². The number of hydrogen-bond acceptors (Lipinski definition) is 4. The SMILES string of the molecule is CCOC(=O)c1cccc(NC(=O)CCNC(=O)C(Br)CC)c1. The normalized spacial score (nSPS) is 11.4. The molecule has 1 aromatic rings. The number of hydrogen-bond donors (Lipinski definition) is 2. The van der Waals surface area contributed by atoms with Crippen molar-refractivity contribution in [2.75, 3.05) is 18.5 Å². The Morgan fingerprint density at radius 2 is 2.00 bits per heavy atom. The van der Waals surface area contributed by atoms with Gasteiger partial charge in [0.25, 0.3) is 0 Å². The molecule has 7 heteroatoms. The number of amides is 2. The van der Waals surface area contributed by atoms with Gasteiger partial charge in [-0.2, -0.15) is 0 Å². The van der Waals surface area contributed by atoms with Gasteiger partial charge in [-0.1, -0.05) is 28.9 Å². The molecular formula is C16H21BrN2O4. The van der Waals surface area contributed by atoms with Crippen LogP contribution in [-0.4, -0.2) is 35.8 Å². The van der Waals surface area contributed by atoms with Gasteiger partial charge in [-0.25, -0.2) is 4.79 Å². The predicted molar refractivity (Wildman–Crippen MR) is 91.7 cm³/mol. The zero-order valence-electron chi connectivity index (χ0n) is 13.2. The van der Waals surface area contributed by atoms with Crippen molar-refractivity contribution >= 4 is 39.4 Å². The average Bonchev–Trinajstić information content (AvgIpc) is 2.54. The van der Waals surface area contributed by atoms with Gasteiger partial charge in [0.2, 0.25) is 11.8 Å². The maximum Gasteiger partial charge on any atom is 0.338 e. The molecule has 0 aliphatic heterocycles. The summed E-state index contributed by atoms with van der Waals surface area (Å²) in [6.45, 7) is 4.17. The Morgan fingerprint density at radius 1 is 1.26 bits per heavy atom. The Kier molecular flexibility index (Phi) is 8.32. The summed E-state index contributed by atoms with van der Waals surface area (Å²) in [6, 6.07) is 6.53. The molecule has 1 rings (SSSR count). The summed E-state index contributed by atoms with van der Waals surface area (Å²) in [6.07, 6.45) is 0.831. The van der Waals surface area contributed by atoms with Gasteiger partial charge in [0.05, 0.1) is 17.0 Å². The number of carbonyl (C=O) groups is 3. The van der Waals surface area contributed by atoms with Gasteiger partial charge in [-0.15, -0.1) is 0 Å². The highest BCUT2D eigenvalue weighted by atomic mass is 79.9. The van der Waals surface area contributed by atoms with E-state index in [0.717, 1.165) is 0 Å². The van der Waals surface area contributed by atoms with Crippen LogP contribution in [0.4, 0.5) is 5.69 Å². The Balaban J connectivity index is 2.47. The van der Waals surface area contributed by atoms with E-state index in [1.54, 1.807) is 31.2 Å². The molecule has 0 saturated heterocycles. The molecule has 0 aliphatic carbocycles. The van der Waals surface area contributed by atoms with Crippen molar-refractivity contribution in [1.82, 2.24) is 5.32 Å². The maximum absolute atomic E-state index is 11.8. The zero-order valence-corrected chi connectivity index (χ0v) is 14.8. The molecule has 126 valence electrons. The molecule has 1 atom stereocenters. The van der Waals surface area contributed by atoms with Crippen molar-refractivity contribution in [3.63, 3.8) is 0 Å². The largest absolute Gasteiger partial charge is 0.462 e. The summed E-state index contributed by atoms with van der Waals surface area (Å²) in [4.78, 5) is 34.8. The van der Waals surface area contributed by atoms with E-state index in [-0.39, 0.29) is 29.6 Å². The van der Waals surface area contributed by atoms with Gasteiger partial charge < -0.3 is 15.4 Å². The summed E-state index contributed by atoms with van der Waals surface area (Å²) >= 11 is 3.24. The van der Waals surface area contributed by atoms with Crippen LogP contribution in [0.2, 0.25) is 0 Å². The highest BCUT2D eigenvalue weighted by Gasteiger charge is 2.12. The first kappa shape index (κ1) is 19.2. The Labute approximate surface area is 144 Å². The van der Waals surface area contributed by atoms with Crippen LogP contribution in [0.1, 0.15) is 37.0 Å². The van der Waals surface area contributed by atoms with Crippen LogP contribution in [0.3, 0.4) is 0 Å². The van der Waals surface area contributed by atoms with Gasteiger partial charge in [-0.3, -0.25) is 9.59 Å². The van der Waals surface area contributed by atoms with Crippen molar-refractivity contribution in [3.05, 3.63) is 29.8 Å². The van der Waals surface area contributed by atoms with Crippen LogP contribution >= 0.6 is 15.9 Å². The number of nitrogens with one attached hydrogen (secondary N) is 2. The van der Waals surface area contributed by atoms with E-state index in [9.17, 15) is 14.4 Å². The van der Waals surface area contributed by atoms with Crippen molar-refractivity contribution < 1.29 is 19.1 Å². The Morgan fingerprint density at radius 3 is 2.65 bits per heavy atom. The molecule has 0 spiro atoms. The first-order chi connectivity index (χ1) is 11.0. The van der Waals surface area contributed by atoms with Crippen LogP contribution in [-0.2, 0) is 14.3 Å². The fraction of sp³-hybridized carbons (Fsp3) is 0.438. The lowest BCUT2D eigenvalue weighted by Crippen LogP contribution is -2.33. The standard InChI is InChI=1S/C16H21BrN2O4/c1-3-13(17)15(21)18-9-8-14(20)19-12-7-5-6-11(10-12)16(22)23-4-2/h5-7,10,13H,3-4,8-9H2,1-2H3,(H,18,21)(H,19,20). The van der Waals surface area contributed by atoms with E-state index in [2.05, 4.69) is 26.6 Å². The van der Waals surface area contributed by atoms with Crippen LogP contribution < -0.4 is 10.6 Å². The summed E-state index contributed by atoms with van der Waals surface area (Å²) in [5.74, 6) is -0.808.